The molecule has 3 N–H and O–H groups in total. The average molecular weight is 470 g/mol. The summed E-state index contributed by atoms with van der Waals surface area (Å²) in [4.78, 5) is 22.5. The molecule has 34 heavy (non-hydrogen) atoms. The van der Waals surface area contributed by atoms with Gasteiger partial charge in [-0.2, -0.15) is 0 Å². The van der Waals surface area contributed by atoms with Crippen LogP contribution < -0.4 is 16.0 Å². The lowest BCUT2D eigenvalue weighted by molar-refractivity contribution is 0.619. The van der Waals surface area contributed by atoms with Gasteiger partial charge in [-0.25, -0.2) is 9.97 Å². The summed E-state index contributed by atoms with van der Waals surface area (Å²) in [6.45, 7) is 1.78. The molecule has 1 aromatic carbocycles. The molecule has 1 unspecified atom stereocenters. The van der Waals surface area contributed by atoms with E-state index in [1.807, 2.05) is 25.4 Å². The molecule has 1 fully saturated rings. The highest BCUT2D eigenvalue weighted by molar-refractivity contribution is 7.99. The summed E-state index contributed by atoms with van der Waals surface area (Å²) in [6.07, 6.45) is 7.80. The van der Waals surface area contributed by atoms with Crippen LogP contribution in [-0.2, 0) is 6.42 Å². The molecule has 4 heterocycles. The van der Waals surface area contributed by atoms with Crippen LogP contribution in [0.15, 0.2) is 58.8 Å². The van der Waals surface area contributed by atoms with Gasteiger partial charge in [0.1, 0.15) is 5.82 Å². The highest BCUT2D eigenvalue weighted by Gasteiger charge is 2.30. The van der Waals surface area contributed by atoms with Gasteiger partial charge in [0.25, 0.3) is 0 Å². The Labute approximate surface area is 203 Å². The number of anilines is 2. The zero-order valence-corrected chi connectivity index (χ0v) is 20.0. The molecule has 8 heteroatoms. The molecule has 1 saturated heterocycles. The van der Waals surface area contributed by atoms with Crippen molar-refractivity contribution < 1.29 is 0 Å². The molecule has 2 aliphatic rings. The third-order valence-corrected chi connectivity index (χ3v) is 7.47. The van der Waals surface area contributed by atoms with Gasteiger partial charge in [0.15, 0.2) is 5.16 Å². The Kier molecular flexibility index (Phi) is 5.55. The van der Waals surface area contributed by atoms with Crippen molar-refractivity contribution in [2.75, 3.05) is 30.4 Å². The lowest BCUT2D eigenvalue weighted by Gasteiger charge is -2.26. The Balaban J connectivity index is 1.45. The molecular weight excluding hydrogens is 442 g/mol. The predicted octanol–water partition coefficient (Wildman–Crippen LogP) is 4.50. The Morgan fingerprint density at radius 2 is 2.03 bits per heavy atom. The third-order valence-electron chi connectivity index (χ3n) is 6.65. The van der Waals surface area contributed by atoms with Crippen molar-refractivity contribution >= 4 is 34.3 Å². The van der Waals surface area contributed by atoms with E-state index in [4.69, 9.17) is 15.7 Å². The molecule has 1 aliphatic heterocycles. The molecule has 3 aromatic heterocycles. The second kappa shape index (κ2) is 8.85. The highest BCUT2D eigenvalue weighted by atomic mass is 32.2. The first-order chi connectivity index (χ1) is 16.7. The Morgan fingerprint density at radius 3 is 2.94 bits per heavy atom. The number of nitrogens with two attached hydrogens (primary N) is 1. The van der Waals surface area contributed by atoms with Crippen molar-refractivity contribution in [2.45, 2.75) is 41.8 Å². The molecular formula is C26H27N7S. The Morgan fingerprint density at radius 1 is 1.09 bits per heavy atom. The molecule has 0 radical (unpaired) electrons. The molecule has 6 rings (SSSR count). The fraction of sp³-hybridized carbons (Fsp3) is 0.308. The van der Waals surface area contributed by atoms with Gasteiger partial charge in [-0.1, -0.05) is 18.6 Å². The van der Waals surface area contributed by atoms with Crippen LogP contribution >= 0.6 is 11.8 Å². The number of hydrogen-bond acceptors (Lipinski definition) is 8. The lowest BCUT2D eigenvalue weighted by Crippen LogP contribution is -2.36. The van der Waals surface area contributed by atoms with E-state index < -0.39 is 0 Å². The van der Waals surface area contributed by atoms with Gasteiger partial charge >= 0.3 is 0 Å². The fourth-order valence-corrected chi connectivity index (χ4v) is 5.80. The van der Waals surface area contributed by atoms with Crippen molar-refractivity contribution in [1.82, 2.24) is 19.9 Å². The molecule has 172 valence electrons. The zero-order chi connectivity index (χ0) is 23.1. The van der Waals surface area contributed by atoms with Crippen LogP contribution in [0.1, 0.15) is 30.5 Å². The summed E-state index contributed by atoms with van der Waals surface area (Å²) in [6, 6.07) is 12.5. The molecule has 4 aromatic rings. The van der Waals surface area contributed by atoms with E-state index in [0.717, 1.165) is 82.6 Å². The minimum atomic E-state index is 0.157. The number of nitrogens with zero attached hydrogens (tertiary/aromatic N) is 5. The molecule has 1 atom stereocenters. The molecule has 0 bridgehead atoms. The van der Waals surface area contributed by atoms with E-state index in [1.165, 1.54) is 11.1 Å². The van der Waals surface area contributed by atoms with E-state index in [-0.39, 0.29) is 6.04 Å². The van der Waals surface area contributed by atoms with Crippen LogP contribution in [0.4, 0.5) is 11.5 Å². The quantitative estimate of drug-likeness (QED) is 0.372. The van der Waals surface area contributed by atoms with Crippen molar-refractivity contribution in [2.24, 2.45) is 5.73 Å². The maximum absolute atomic E-state index is 6.45. The maximum Gasteiger partial charge on any atom is 0.194 e. The summed E-state index contributed by atoms with van der Waals surface area (Å²) in [5.41, 5.74) is 14.1. The second-order valence-corrected chi connectivity index (χ2v) is 9.97. The van der Waals surface area contributed by atoms with Gasteiger partial charge in [-0.3, -0.25) is 9.97 Å². The Bertz CT molecular complexity index is 1370. The molecule has 1 aliphatic carbocycles. The smallest absolute Gasteiger partial charge is 0.194 e. The van der Waals surface area contributed by atoms with Crippen molar-refractivity contribution in [1.29, 1.82) is 0 Å². The number of benzene rings is 1. The minimum absolute atomic E-state index is 0.157. The Hall–Kier alpha value is -3.23. The number of rotatable bonds is 4. The van der Waals surface area contributed by atoms with E-state index in [1.54, 1.807) is 18.0 Å². The van der Waals surface area contributed by atoms with Gasteiger partial charge < -0.3 is 16.0 Å². The lowest BCUT2D eigenvalue weighted by atomic mass is 10.0. The van der Waals surface area contributed by atoms with Gasteiger partial charge in [-0.15, -0.1) is 0 Å². The number of hydrogen-bond donors (Lipinski definition) is 2. The molecule has 0 spiro atoms. The van der Waals surface area contributed by atoms with Gasteiger partial charge in [0.05, 0.1) is 16.7 Å². The van der Waals surface area contributed by atoms with Crippen molar-refractivity contribution in [3.8, 4) is 11.1 Å². The SMILES string of the molecule is CNc1cccc2c1Cc1nc(Sc3cnc4cccnc4c3)nc(N3CCCCC(N)C3)c1-2. The van der Waals surface area contributed by atoms with Crippen LogP contribution in [0, 0.1) is 0 Å². The number of pyridine rings is 2. The number of aromatic nitrogens is 4. The fourth-order valence-electron chi connectivity index (χ4n) is 5.03. The van der Waals surface area contributed by atoms with E-state index >= 15 is 0 Å². The summed E-state index contributed by atoms with van der Waals surface area (Å²) < 4.78 is 0. The maximum atomic E-state index is 6.45. The second-order valence-electron chi connectivity index (χ2n) is 8.93. The monoisotopic (exact) mass is 469 g/mol. The molecule has 0 amide bonds. The van der Waals surface area contributed by atoms with Crippen molar-refractivity contribution in [3.63, 3.8) is 0 Å². The largest absolute Gasteiger partial charge is 0.388 e. The highest BCUT2D eigenvalue weighted by Crippen LogP contribution is 2.45. The first-order valence-corrected chi connectivity index (χ1v) is 12.6. The molecule has 0 saturated carbocycles. The normalized spacial score (nSPS) is 17.4. The summed E-state index contributed by atoms with van der Waals surface area (Å²) >= 11 is 1.54. The average Bonchev–Trinajstić information content (AvgIpc) is 3.09. The van der Waals surface area contributed by atoms with Crippen LogP contribution in [0.25, 0.3) is 22.2 Å². The summed E-state index contributed by atoms with van der Waals surface area (Å²) in [7, 11) is 1.97. The van der Waals surface area contributed by atoms with Crippen LogP contribution in [-0.4, -0.2) is 46.1 Å². The van der Waals surface area contributed by atoms with E-state index in [2.05, 4.69) is 44.5 Å². The molecule has 7 nitrogen and oxygen atoms in total. The van der Waals surface area contributed by atoms with E-state index in [0.29, 0.717) is 0 Å². The first kappa shape index (κ1) is 21.3. The van der Waals surface area contributed by atoms with Gasteiger partial charge in [-0.05, 0) is 60.0 Å². The van der Waals surface area contributed by atoms with Crippen LogP contribution in [0.5, 0.6) is 0 Å². The predicted molar refractivity (Wildman–Crippen MR) is 138 cm³/mol. The minimum Gasteiger partial charge on any atom is -0.388 e. The first-order valence-electron chi connectivity index (χ1n) is 11.8. The number of nitrogens with one attached hydrogen (secondary N) is 1. The van der Waals surface area contributed by atoms with Crippen LogP contribution in [0.2, 0.25) is 0 Å². The zero-order valence-electron chi connectivity index (χ0n) is 19.2. The number of fused-ring (bicyclic) bond motifs is 4. The van der Waals surface area contributed by atoms with Gasteiger partial charge in [0, 0.05) is 61.1 Å². The van der Waals surface area contributed by atoms with Crippen molar-refractivity contribution in [3.05, 3.63) is 60.0 Å². The third kappa shape index (κ3) is 3.86. The summed E-state index contributed by atoms with van der Waals surface area (Å²) in [5.74, 6) is 1.00. The van der Waals surface area contributed by atoms with Gasteiger partial charge in [0.2, 0.25) is 0 Å². The van der Waals surface area contributed by atoms with Crippen LogP contribution in [0.3, 0.4) is 0 Å². The standard InChI is InChI=1S/C26H27N7S/c1-28-20-8-4-7-18-19(20)13-23-24(18)25(33-11-3-2-6-16(27)15-33)32-26(31-23)34-17-12-22-21(30-14-17)9-5-10-29-22/h4-5,7-10,12,14,16,28H,2-3,6,11,13,15,27H2,1H3. The topological polar surface area (TPSA) is 92.8 Å². The van der Waals surface area contributed by atoms with E-state index in [9.17, 15) is 0 Å². The summed E-state index contributed by atoms with van der Waals surface area (Å²) in [5, 5.41) is 4.09.